The Morgan fingerprint density at radius 2 is 0.455 bits per heavy atom. The van der Waals surface area contributed by atoms with Gasteiger partial charge in [-0.2, -0.15) is 0 Å². The number of aliphatic hydroxyl groups is 1. The van der Waals surface area contributed by atoms with Crippen molar-refractivity contribution in [3.8, 4) is 0 Å². The Labute approximate surface area is 689 Å². The number of hydrogen-bond acceptors (Lipinski definition) is 15. The smallest absolute Gasteiger partial charge is 0.462 e. The van der Waals surface area contributed by atoms with Gasteiger partial charge in [0, 0.05) is 25.7 Å². The first-order valence-electron chi connectivity index (χ1n) is 48.0. The Bertz CT molecular complexity index is 2130. The first-order chi connectivity index (χ1) is 54.4. The van der Waals surface area contributed by atoms with Crippen molar-refractivity contribution in [3.63, 3.8) is 0 Å². The number of carbonyl (C=O) groups is 4. The molecule has 0 fully saturated rings. The molecule has 0 spiro atoms. The van der Waals surface area contributed by atoms with Gasteiger partial charge in [0.25, 0.3) is 0 Å². The first-order valence-corrected chi connectivity index (χ1v) is 51.0. The largest absolute Gasteiger partial charge is 0.472 e. The lowest BCUT2D eigenvalue weighted by atomic mass is 9.99. The molecule has 0 aliphatic carbocycles. The molecule has 17 nitrogen and oxygen atoms in total. The molecular formula is C93H182O17P2. The second kappa shape index (κ2) is 84.1. The van der Waals surface area contributed by atoms with Gasteiger partial charge in [-0.1, -0.05) is 452 Å². The third-order valence-electron chi connectivity index (χ3n) is 22.3. The molecule has 0 aliphatic rings. The van der Waals surface area contributed by atoms with E-state index in [1.54, 1.807) is 0 Å². The van der Waals surface area contributed by atoms with Crippen LogP contribution in [-0.2, 0) is 65.4 Å². The van der Waals surface area contributed by atoms with E-state index in [-0.39, 0.29) is 25.7 Å². The number of hydrogen-bond donors (Lipinski definition) is 3. The van der Waals surface area contributed by atoms with Gasteiger partial charge in [-0.3, -0.25) is 37.3 Å². The van der Waals surface area contributed by atoms with Gasteiger partial charge in [0.15, 0.2) is 12.2 Å². The minimum atomic E-state index is -4.97. The van der Waals surface area contributed by atoms with Crippen LogP contribution in [0, 0.1) is 11.8 Å². The van der Waals surface area contributed by atoms with E-state index >= 15 is 0 Å². The average Bonchev–Trinajstić information content (AvgIpc) is 0.899. The fourth-order valence-electron chi connectivity index (χ4n) is 14.6. The predicted molar refractivity (Wildman–Crippen MR) is 465 cm³/mol. The van der Waals surface area contributed by atoms with Crippen LogP contribution < -0.4 is 0 Å². The SMILES string of the molecule is CCCCCCCCCCCCCCCCCCCCCCCC(=O)OC[C@H](COP(=O)(O)OC[C@@H](O)COP(=O)(O)OC[C@@H](COC(=O)CCCCCCCCCCCCC)OC(=O)CCCCCCCCCCCCCCCCCC(C)C)OC(=O)CCCCCCCCCCCCCCCCCCCCC(C)CC. The highest BCUT2D eigenvalue weighted by Crippen LogP contribution is 2.45. The lowest BCUT2D eigenvalue weighted by molar-refractivity contribution is -0.161. The second-order valence-electron chi connectivity index (χ2n) is 34.1. The molecule has 0 amide bonds. The first kappa shape index (κ1) is 110. The summed E-state index contributed by atoms with van der Waals surface area (Å²) in [6, 6.07) is 0. The quantitative estimate of drug-likeness (QED) is 0.0222. The highest BCUT2D eigenvalue weighted by molar-refractivity contribution is 7.47. The average molecular weight is 1630 g/mol. The number of phosphoric ester groups is 2. The zero-order valence-electron chi connectivity index (χ0n) is 74.0. The van der Waals surface area contributed by atoms with Gasteiger partial charge in [-0.15, -0.1) is 0 Å². The number of carbonyl (C=O) groups excluding carboxylic acids is 4. The van der Waals surface area contributed by atoms with Crippen LogP contribution in [0.15, 0.2) is 0 Å². The number of aliphatic hydroxyl groups excluding tert-OH is 1. The van der Waals surface area contributed by atoms with Crippen molar-refractivity contribution < 1.29 is 80.2 Å². The van der Waals surface area contributed by atoms with E-state index in [0.29, 0.717) is 25.7 Å². The standard InChI is InChI=1S/C93H182O17P2/c1-7-10-12-14-16-18-20-21-22-23-24-25-26-30-35-40-46-52-58-64-70-76-91(96)104-82-89(110-92(97)77-71-65-59-53-47-41-36-31-28-27-29-34-39-45-50-56-62-68-74-86(6)9-3)84-108-112(101,102)106-80-87(94)79-105-111(99,100)107-83-88(81-103-90(95)75-69-63-57-51-43-19-17-15-13-11-8-2)109-93(98)78-72-66-60-54-48-42-37-32-33-38-44-49-55-61-67-73-85(4)5/h85-89,94H,7-84H2,1-6H3,(H,99,100)(H,101,102)/t86?,87-,88+,89+/m0/s1. The molecule has 6 atom stereocenters. The molecule has 0 radical (unpaired) electrons. The number of unbranched alkanes of at least 4 members (excludes halogenated alkanes) is 61. The number of esters is 4. The van der Waals surface area contributed by atoms with Crippen molar-refractivity contribution in [2.75, 3.05) is 39.6 Å². The molecule has 0 bridgehead atoms. The fraction of sp³-hybridized carbons (Fsp3) is 0.957. The van der Waals surface area contributed by atoms with Gasteiger partial charge >= 0.3 is 39.5 Å². The minimum Gasteiger partial charge on any atom is -0.462 e. The lowest BCUT2D eigenvalue weighted by Crippen LogP contribution is -2.30. The Kier molecular flexibility index (Phi) is 82.6. The van der Waals surface area contributed by atoms with Crippen LogP contribution in [0.4, 0.5) is 0 Å². The zero-order valence-corrected chi connectivity index (χ0v) is 75.8. The number of rotatable bonds is 92. The molecule has 3 unspecified atom stereocenters. The Hall–Kier alpha value is -1.94. The Morgan fingerprint density at radius 3 is 0.679 bits per heavy atom. The predicted octanol–water partition coefficient (Wildman–Crippen LogP) is 29.0. The van der Waals surface area contributed by atoms with Crippen molar-refractivity contribution in [2.45, 2.75) is 522 Å². The normalized spacial score (nSPS) is 13.9. The van der Waals surface area contributed by atoms with Crippen LogP contribution in [0.3, 0.4) is 0 Å². The van der Waals surface area contributed by atoms with Crippen LogP contribution in [0.1, 0.15) is 504 Å². The topological polar surface area (TPSA) is 237 Å². The number of phosphoric acid groups is 2. The summed E-state index contributed by atoms with van der Waals surface area (Å²) in [6.45, 7) is 9.80. The monoisotopic (exact) mass is 1630 g/mol. The van der Waals surface area contributed by atoms with Gasteiger partial charge in [0.05, 0.1) is 26.4 Å². The molecule has 0 aromatic heterocycles. The summed E-state index contributed by atoms with van der Waals surface area (Å²) in [5, 5.41) is 10.7. The maximum atomic E-state index is 13.2. The van der Waals surface area contributed by atoms with E-state index in [9.17, 15) is 43.2 Å². The van der Waals surface area contributed by atoms with Gasteiger partial charge < -0.3 is 33.8 Å². The lowest BCUT2D eigenvalue weighted by Gasteiger charge is -2.21. The molecule has 0 rings (SSSR count). The van der Waals surface area contributed by atoms with Gasteiger partial charge in [-0.05, 0) is 37.5 Å². The summed E-state index contributed by atoms with van der Waals surface area (Å²) in [5.41, 5.74) is 0. The summed E-state index contributed by atoms with van der Waals surface area (Å²) in [6.07, 6.45) is 79.2. The van der Waals surface area contributed by atoms with Crippen molar-refractivity contribution >= 4 is 39.5 Å². The Morgan fingerprint density at radius 1 is 0.259 bits per heavy atom. The van der Waals surface area contributed by atoms with Crippen molar-refractivity contribution in [1.29, 1.82) is 0 Å². The van der Waals surface area contributed by atoms with Crippen molar-refractivity contribution in [1.82, 2.24) is 0 Å². The van der Waals surface area contributed by atoms with Crippen LogP contribution in [0.25, 0.3) is 0 Å². The molecule has 0 aromatic rings. The summed E-state index contributed by atoms with van der Waals surface area (Å²) in [4.78, 5) is 73.5. The van der Waals surface area contributed by atoms with Gasteiger partial charge in [0.2, 0.25) is 0 Å². The van der Waals surface area contributed by atoms with Gasteiger partial charge in [-0.25, -0.2) is 9.13 Å². The molecule has 0 aliphatic heterocycles. The van der Waals surface area contributed by atoms with E-state index < -0.39 is 97.5 Å². The molecule has 3 N–H and O–H groups in total. The zero-order chi connectivity index (χ0) is 82.0. The van der Waals surface area contributed by atoms with Crippen molar-refractivity contribution in [3.05, 3.63) is 0 Å². The molecule has 0 saturated heterocycles. The summed E-state index contributed by atoms with van der Waals surface area (Å²) >= 11 is 0. The van der Waals surface area contributed by atoms with E-state index in [1.165, 1.54) is 321 Å². The second-order valence-corrected chi connectivity index (χ2v) is 37.0. The van der Waals surface area contributed by atoms with Crippen LogP contribution >= 0.6 is 15.6 Å². The van der Waals surface area contributed by atoms with Crippen LogP contribution in [0.5, 0.6) is 0 Å². The van der Waals surface area contributed by atoms with Crippen LogP contribution in [0.2, 0.25) is 0 Å². The van der Waals surface area contributed by atoms with Crippen molar-refractivity contribution in [2.24, 2.45) is 11.8 Å². The maximum Gasteiger partial charge on any atom is 0.472 e. The molecular weight excluding hydrogens is 1450 g/mol. The van der Waals surface area contributed by atoms with E-state index in [2.05, 4.69) is 41.5 Å². The summed E-state index contributed by atoms with van der Waals surface area (Å²) in [5.74, 6) is -0.419. The highest BCUT2D eigenvalue weighted by Gasteiger charge is 2.31. The minimum absolute atomic E-state index is 0.108. The Balaban J connectivity index is 5.23. The molecule has 0 heterocycles. The molecule has 0 aromatic carbocycles. The fourth-order valence-corrected chi connectivity index (χ4v) is 16.2. The molecule has 19 heteroatoms. The van der Waals surface area contributed by atoms with E-state index in [4.69, 9.17) is 37.0 Å². The highest BCUT2D eigenvalue weighted by atomic mass is 31.2. The van der Waals surface area contributed by atoms with E-state index in [1.807, 2.05) is 0 Å². The molecule has 666 valence electrons. The number of ether oxygens (including phenoxy) is 4. The van der Waals surface area contributed by atoms with Gasteiger partial charge in [0.1, 0.15) is 19.3 Å². The third-order valence-corrected chi connectivity index (χ3v) is 24.2. The summed E-state index contributed by atoms with van der Waals surface area (Å²) < 4.78 is 69.1. The maximum absolute atomic E-state index is 13.2. The summed E-state index contributed by atoms with van der Waals surface area (Å²) in [7, 11) is -9.94. The van der Waals surface area contributed by atoms with E-state index in [0.717, 1.165) is 102 Å². The molecule has 0 saturated carbocycles. The third kappa shape index (κ3) is 84.5. The molecule has 112 heavy (non-hydrogen) atoms. The van der Waals surface area contributed by atoms with Crippen LogP contribution in [-0.4, -0.2) is 96.7 Å².